The number of rotatable bonds is 6. The van der Waals surface area contributed by atoms with Crippen LogP contribution in [0.2, 0.25) is 5.02 Å². The summed E-state index contributed by atoms with van der Waals surface area (Å²) in [4.78, 5) is 28.5. The molecule has 3 rings (SSSR count). The van der Waals surface area contributed by atoms with Crippen molar-refractivity contribution >= 4 is 57.3 Å². The van der Waals surface area contributed by atoms with E-state index in [1.54, 1.807) is 12.1 Å². The summed E-state index contributed by atoms with van der Waals surface area (Å²) in [6.45, 7) is 1.46. The molecule has 3 aromatic rings. The second-order valence-corrected chi connectivity index (χ2v) is 7.87. The summed E-state index contributed by atoms with van der Waals surface area (Å²) in [6, 6.07) is 14.8. The van der Waals surface area contributed by atoms with Crippen LogP contribution in [0.4, 0.5) is 10.8 Å². The van der Waals surface area contributed by atoms with E-state index in [1.807, 2.05) is 41.8 Å². The third kappa shape index (κ3) is 5.56. The lowest BCUT2D eigenvalue weighted by molar-refractivity contribution is -0.114. The Kier molecular flexibility index (Phi) is 6.49. The van der Waals surface area contributed by atoms with Crippen molar-refractivity contribution in [3.05, 3.63) is 58.9 Å². The molecule has 0 saturated heterocycles. The molecule has 1 aromatic heterocycles. The van der Waals surface area contributed by atoms with Gasteiger partial charge >= 0.3 is 0 Å². The van der Waals surface area contributed by atoms with Crippen molar-refractivity contribution in [1.82, 2.24) is 4.98 Å². The van der Waals surface area contributed by atoms with E-state index in [4.69, 9.17) is 11.6 Å². The molecular weight excluding hydrogens is 402 g/mol. The average Bonchev–Trinajstić information content (AvgIpc) is 3.09. The van der Waals surface area contributed by atoms with Crippen LogP contribution in [0.3, 0.4) is 0 Å². The Morgan fingerprint density at radius 3 is 2.56 bits per heavy atom. The Morgan fingerprint density at radius 2 is 1.85 bits per heavy atom. The lowest BCUT2D eigenvalue weighted by Crippen LogP contribution is -2.13. The van der Waals surface area contributed by atoms with E-state index in [0.717, 1.165) is 21.8 Å². The molecule has 2 amide bonds. The first-order valence-electron chi connectivity index (χ1n) is 8.02. The molecule has 0 bridgehead atoms. The Hall–Kier alpha value is -2.35. The number of amides is 2. The first kappa shape index (κ1) is 19.4. The van der Waals surface area contributed by atoms with Gasteiger partial charge in [0, 0.05) is 33.5 Å². The Balaban J connectivity index is 1.54. The molecule has 138 valence electrons. The van der Waals surface area contributed by atoms with E-state index >= 15 is 0 Å². The molecule has 0 fully saturated rings. The number of carbonyl (C=O) groups excluding carboxylic acids is 2. The number of hydrogen-bond donors (Lipinski definition) is 2. The SMILES string of the molecule is CC(=O)Nc1ccc(SCC(=O)Nc2nc(-c3ccccc3Cl)cs2)cc1. The van der Waals surface area contributed by atoms with Crippen molar-refractivity contribution in [3.63, 3.8) is 0 Å². The van der Waals surface area contributed by atoms with E-state index in [-0.39, 0.29) is 17.6 Å². The summed E-state index contributed by atoms with van der Waals surface area (Å²) >= 11 is 8.95. The molecule has 0 aliphatic carbocycles. The predicted molar refractivity (Wildman–Crippen MR) is 113 cm³/mol. The van der Waals surface area contributed by atoms with E-state index in [1.165, 1.54) is 30.0 Å². The first-order valence-corrected chi connectivity index (χ1v) is 10.3. The van der Waals surface area contributed by atoms with Crippen LogP contribution in [0.25, 0.3) is 11.3 Å². The zero-order chi connectivity index (χ0) is 19.2. The van der Waals surface area contributed by atoms with E-state index in [9.17, 15) is 9.59 Å². The summed E-state index contributed by atoms with van der Waals surface area (Å²) < 4.78 is 0. The van der Waals surface area contributed by atoms with Gasteiger partial charge in [0.1, 0.15) is 0 Å². The van der Waals surface area contributed by atoms with Crippen molar-refractivity contribution in [1.29, 1.82) is 0 Å². The summed E-state index contributed by atoms with van der Waals surface area (Å²) in [7, 11) is 0. The van der Waals surface area contributed by atoms with Gasteiger partial charge in [0.2, 0.25) is 11.8 Å². The number of anilines is 2. The molecular formula is C19H16ClN3O2S2. The minimum absolute atomic E-state index is 0.116. The highest BCUT2D eigenvalue weighted by Gasteiger charge is 2.10. The zero-order valence-electron chi connectivity index (χ0n) is 14.4. The van der Waals surface area contributed by atoms with Crippen LogP contribution in [-0.2, 0) is 9.59 Å². The molecule has 0 aliphatic rings. The van der Waals surface area contributed by atoms with Crippen LogP contribution in [0.1, 0.15) is 6.92 Å². The standard InChI is InChI=1S/C19H16ClN3O2S2/c1-12(24)21-13-6-8-14(9-7-13)26-11-18(25)23-19-22-17(10-27-19)15-4-2-3-5-16(15)20/h2-10H,11H2,1H3,(H,21,24)(H,22,23,25). The van der Waals surface area contributed by atoms with Crippen LogP contribution in [0.15, 0.2) is 58.8 Å². The molecule has 0 atom stereocenters. The molecule has 0 saturated carbocycles. The summed E-state index contributed by atoms with van der Waals surface area (Å²) in [5.74, 6) is 0.0147. The van der Waals surface area contributed by atoms with E-state index in [0.29, 0.717) is 10.2 Å². The van der Waals surface area contributed by atoms with Gasteiger partial charge in [0.25, 0.3) is 0 Å². The maximum Gasteiger partial charge on any atom is 0.236 e. The lowest BCUT2D eigenvalue weighted by atomic mass is 10.2. The van der Waals surface area contributed by atoms with Gasteiger partial charge in [-0.2, -0.15) is 0 Å². The molecule has 5 nitrogen and oxygen atoms in total. The second kappa shape index (κ2) is 9.03. The number of benzene rings is 2. The fraction of sp³-hybridized carbons (Fsp3) is 0.105. The molecule has 8 heteroatoms. The topological polar surface area (TPSA) is 71.1 Å². The average molecular weight is 418 g/mol. The van der Waals surface area contributed by atoms with Gasteiger partial charge in [-0.1, -0.05) is 29.8 Å². The molecule has 0 aliphatic heterocycles. The number of hydrogen-bond acceptors (Lipinski definition) is 5. The maximum atomic E-state index is 12.2. The molecule has 1 heterocycles. The zero-order valence-corrected chi connectivity index (χ0v) is 16.8. The monoisotopic (exact) mass is 417 g/mol. The number of nitrogens with zero attached hydrogens (tertiary/aromatic N) is 1. The van der Waals surface area contributed by atoms with Crippen molar-refractivity contribution < 1.29 is 9.59 Å². The van der Waals surface area contributed by atoms with Gasteiger partial charge in [-0.3, -0.25) is 9.59 Å². The van der Waals surface area contributed by atoms with E-state index < -0.39 is 0 Å². The van der Waals surface area contributed by atoms with Crippen LogP contribution < -0.4 is 10.6 Å². The van der Waals surface area contributed by atoms with Crippen LogP contribution in [0, 0.1) is 0 Å². The number of thioether (sulfide) groups is 1. The second-order valence-electron chi connectivity index (χ2n) is 5.56. The van der Waals surface area contributed by atoms with Gasteiger partial charge in [0.15, 0.2) is 5.13 Å². The smallest absolute Gasteiger partial charge is 0.236 e. The minimum atomic E-state index is -0.133. The van der Waals surface area contributed by atoms with Crippen molar-refractivity contribution in [3.8, 4) is 11.3 Å². The highest BCUT2D eigenvalue weighted by Crippen LogP contribution is 2.30. The predicted octanol–water partition coefficient (Wildman–Crippen LogP) is 5.15. The molecule has 0 unspecified atom stereocenters. The van der Waals surface area contributed by atoms with Crippen molar-refractivity contribution in [2.24, 2.45) is 0 Å². The van der Waals surface area contributed by atoms with E-state index in [2.05, 4.69) is 15.6 Å². The number of carbonyl (C=O) groups is 2. The number of aromatic nitrogens is 1. The fourth-order valence-corrected chi connectivity index (χ4v) is 3.92. The Morgan fingerprint density at radius 1 is 1.11 bits per heavy atom. The highest BCUT2D eigenvalue weighted by atomic mass is 35.5. The quantitative estimate of drug-likeness (QED) is 0.544. The van der Waals surface area contributed by atoms with Gasteiger partial charge < -0.3 is 10.6 Å². The molecule has 0 spiro atoms. The van der Waals surface area contributed by atoms with Gasteiger partial charge in [-0.05, 0) is 30.3 Å². The fourth-order valence-electron chi connectivity index (χ4n) is 2.27. The molecule has 2 N–H and O–H groups in total. The highest BCUT2D eigenvalue weighted by molar-refractivity contribution is 8.00. The van der Waals surface area contributed by atoms with Crippen molar-refractivity contribution in [2.75, 3.05) is 16.4 Å². The van der Waals surface area contributed by atoms with Gasteiger partial charge in [0.05, 0.1) is 11.4 Å². The normalized spacial score (nSPS) is 10.4. The Labute approximate surface area is 170 Å². The maximum absolute atomic E-state index is 12.2. The van der Waals surface area contributed by atoms with Crippen LogP contribution >= 0.6 is 34.7 Å². The van der Waals surface area contributed by atoms with Gasteiger partial charge in [-0.15, -0.1) is 23.1 Å². The van der Waals surface area contributed by atoms with Gasteiger partial charge in [-0.25, -0.2) is 4.98 Å². The molecule has 27 heavy (non-hydrogen) atoms. The summed E-state index contributed by atoms with van der Waals surface area (Å²) in [5.41, 5.74) is 2.30. The van der Waals surface area contributed by atoms with Crippen molar-refractivity contribution in [2.45, 2.75) is 11.8 Å². The lowest BCUT2D eigenvalue weighted by Gasteiger charge is -2.05. The third-order valence-electron chi connectivity index (χ3n) is 3.44. The third-order valence-corrected chi connectivity index (χ3v) is 5.54. The number of nitrogens with one attached hydrogen (secondary N) is 2. The number of thiazole rings is 1. The summed E-state index contributed by atoms with van der Waals surface area (Å²) in [6.07, 6.45) is 0. The van der Waals surface area contributed by atoms with Crippen LogP contribution in [-0.4, -0.2) is 22.6 Å². The molecule has 2 aromatic carbocycles. The first-order chi connectivity index (χ1) is 13.0. The molecule has 0 radical (unpaired) electrons. The summed E-state index contributed by atoms with van der Waals surface area (Å²) in [5, 5.41) is 8.54. The Bertz CT molecular complexity index is 958. The minimum Gasteiger partial charge on any atom is -0.326 e. The number of halogens is 1. The van der Waals surface area contributed by atoms with Crippen LogP contribution in [0.5, 0.6) is 0 Å². The largest absolute Gasteiger partial charge is 0.326 e.